The summed E-state index contributed by atoms with van der Waals surface area (Å²) < 4.78 is 14.2. The highest BCUT2D eigenvalue weighted by molar-refractivity contribution is 9.10. The lowest BCUT2D eigenvalue weighted by atomic mass is 10.2. The number of nitrogens with two attached hydrogens (primary N) is 2. The zero-order chi connectivity index (χ0) is 24.6. The molecular formula is C18H20BrCl2FN8O2. The number of hydrogen-bond donors (Lipinski definition) is 8. The van der Waals surface area contributed by atoms with Crippen LogP contribution in [0.1, 0.15) is 11.1 Å². The molecule has 2 rings (SSSR count). The van der Waals surface area contributed by atoms with E-state index in [2.05, 4.69) is 31.9 Å². The SMILES string of the molecule is Cc1cc(Br)cc(Cl)c1NC(=O)NC(=N)N.Cc1cc(Cl)cc(F)c1NC(=O)NC(=N)N. The van der Waals surface area contributed by atoms with E-state index in [1.807, 2.05) is 11.4 Å². The number of guanidine groups is 2. The number of hydrogen-bond acceptors (Lipinski definition) is 4. The summed E-state index contributed by atoms with van der Waals surface area (Å²) in [5.74, 6) is -1.60. The number of aryl methyl sites for hydroxylation is 2. The highest BCUT2D eigenvalue weighted by atomic mass is 79.9. The average molecular weight is 550 g/mol. The van der Waals surface area contributed by atoms with E-state index in [-0.39, 0.29) is 10.7 Å². The summed E-state index contributed by atoms with van der Waals surface area (Å²) in [5, 5.41) is 23.2. The maximum absolute atomic E-state index is 13.4. The molecule has 0 fully saturated rings. The number of urea groups is 2. The fraction of sp³-hybridized carbons (Fsp3) is 0.111. The van der Waals surface area contributed by atoms with Crippen LogP contribution in [0.2, 0.25) is 10.0 Å². The molecular weight excluding hydrogens is 530 g/mol. The molecule has 0 spiro atoms. The summed E-state index contributed by atoms with van der Waals surface area (Å²) in [5.41, 5.74) is 11.7. The third kappa shape index (κ3) is 8.96. The van der Waals surface area contributed by atoms with E-state index in [0.29, 0.717) is 16.3 Å². The van der Waals surface area contributed by atoms with Crippen LogP contribution in [0, 0.1) is 30.5 Å². The van der Waals surface area contributed by atoms with Crippen LogP contribution in [-0.2, 0) is 0 Å². The van der Waals surface area contributed by atoms with E-state index >= 15 is 0 Å². The number of carbonyl (C=O) groups excluding carboxylic acids is 2. The number of halogens is 4. The van der Waals surface area contributed by atoms with Crippen LogP contribution in [0.5, 0.6) is 0 Å². The van der Waals surface area contributed by atoms with E-state index < -0.39 is 29.8 Å². The lowest BCUT2D eigenvalue weighted by molar-refractivity contribution is 0.255. The Hall–Kier alpha value is -3.09. The third-order valence-corrected chi connectivity index (χ3v) is 4.45. The first-order valence-corrected chi connectivity index (χ1v) is 10.1. The largest absolute Gasteiger partial charge is 0.370 e. The molecule has 0 bridgehead atoms. The van der Waals surface area contributed by atoms with Crippen molar-refractivity contribution in [3.63, 3.8) is 0 Å². The molecule has 0 saturated carbocycles. The van der Waals surface area contributed by atoms with Crippen molar-refractivity contribution in [1.82, 2.24) is 10.6 Å². The second kappa shape index (κ2) is 12.1. The molecule has 0 aliphatic heterocycles. The second-order valence-corrected chi connectivity index (χ2v) is 7.90. The zero-order valence-electron chi connectivity index (χ0n) is 16.8. The van der Waals surface area contributed by atoms with Gasteiger partial charge in [0.1, 0.15) is 5.82 Å². The molecule has 0 saturated heterocycles. The number of benzene rings is 2. The van der Waals surface area contributed by atoms with Gasteiger partial charge in [0.05, 0.1) is 16.4 Å². The van der Waals surface area contributed by atoms with Gasteiger partial charge in [0.2, 0.25) is 0 Å². The molecule has 32 heavy (non-hydrogen) atoms. The quantitative estimate of drug-likeness (QED) is 0.206. The summed E-state index contributed by atoms with van der Waals surface area (Å²) in [7, 11) is 0. The van der Waals surface area contributed by atoms with E-state index in [4.69, 9.17) is 45.5 Å². The minimum Gasteiger partial charge on any atom is -0.370 e. The Labute approximate surface area is 201 Å². The van der Waals surface area contributed by atoms with Crippen molar-refractivity contribution in [2.45, 2.75) is 13.8 Å². The van der Waals surface area contributed by atoms with Gasteiger partial charge < -0.3 is 22.1 Å². The highest BCUT2D eigenvalue weighted by Gasteiger charge is 2.11. The maximum Gasteiger partial charge on any atom is 0.326 e. The highest BCUT2D eigenvalue weighted by Crippen LogP contribution is 2.29. The van der Waals surface area contributed by atoms with Crippen LogP contribution in [-0.4, -0.2) is 24.0 Å². The van der Waals surface area contributed by atoms with Crippen molar-refractivity contribution in [2.24, 2.45) is 11.5 Å². The first kappa shape index (κ1) is 26.9. The first-order valence-electron chi connectivity index (χ1n) is 8.55. The third-order valence-electron chi connectivity index (χ3n) is 3.48. The Morgan fingerprint density at radius 3 is 1.81 bits per heavy atom. The van der Waals surface area contributed by atoms with Crippen molar-refractivity contribution in [3.05, 3.63) is 55.7 Å². The van der Waals surface area contributed by atoms with Gasteiger partial charge in [-0.3, -0.25) is 21.5 Å². The van der Waals surface area contributed by atoms with Crippen molar-refractivity contribution < 1.29 is 14.0 Å². The molecule has 10 N–H and O–H groups in total. The summed E-state index contributed by atoms with van der Waals surface area (Å²) in [4.78, 5) is 22.5. The first-order chi connectivity index (χ1) is 14.8. The Bertz CT molecular complexity index is 938. The van der Waals surface area contributed by atoms with Crippen LogP contribution < -0.4 is 32.7 Å². The number of anilines is 2. The van der Waals surface area contributed by atoms with Crippen molar-refractivity contribution in [1.29, 1.82) is 10.8 Å². The predicted octanol–water partition coefficient (Wildman–Crippen LogP) is 4.23. The Morgan fingerprint density at radius 2 is 1.38 bits per heavy atom. The standard InChI is InChI=1S/C9H10BrClN4O.C9H10ClFN4O/c2*1-4-2-5(10)3-6(11)7(4)14-9(16)15-8(12)13/h2*2-3H,1H3,(H5,12,13,14,15,16). The molecule has 0 radical (unpaired) electrons. The Kier molecular flexibility index (Phi) is 10.2. The summed E-state index contributed by atoms with van der Waals surface area (Å²) >= 11 is 14.9. The summed E-state index contributed by atoms with van der Waals surface area (Å²) in [6.07, 6.45) is 0. The van der Waals surface area contributed by atoms with E-state index in [0.717, 1.165) is 16.1 Å². The van der Waals surface area contributed by atoms with Gasteiger partial charge in [0, 0.05) is 9.50 Å². The molecule has 0 atom stereocenters. The molecule has 10 nitrogen and oxygen atoms in total. The lowest BCUT2D eigenvalue weighted by Crippen LogP contribution is -2.39. The number of rotatable bonds is 2. The molecule has 4 amide bonds. The van der Waals surface area contributed by atoms with E-state index in [1.54, 1.807) is 19.9 Å². The van der Waals surface area contributed by atoms with E-state index in [1.165, 1.54) is 6.07 Å². The normalized spacial score (nSPS) is 9.69. The van der Waals surface area contributed by atoms with Crippen molar-refractivity contribution in [2.75, 3.05) is 10.6 Å². The smallest absolute Gasteiger partial charge is 0.326 e. The molecule has 2 aromatic carbocycles. The maximum atomic E-state index is 13.4. The minimum absolute atomic E-state index is 0.00292. The number of carbonyl (C=O) groups is 2. The lowest BCUT2D eigenvalue weighted by Gasteiger charge is -2.11. The van der Waals surface area contributed by atoms with Gasteiger partial charge in [-0.05, 0) is 49.2 Å². The Balaban J connectivity index is 0.000000320. The fourth-order valence-corrected chi connectivity index (χ4v) is 3.53. The van der Waals surface area contributed by atoms with Gasteiger partial charge in [0.25, 0.3) is 0 Å². The second-order valence-electron chi connectivity index (χ2n) is 6.14. The van der Waals surface area contributed by atoms with Gasteiger partial charge >= 0.3 is 12.1 Å². The summed E-state index contributed by atoms with van der Waals surface area (Å²) in [6, 6.07) is 4.69. The monoisotopic (exact) mass is 548 g/mol. The van der Waals surface area contributed by atoms with Crippen LogP contribution in [0.3, 0.4) is 0 Å². The van der Waals surface area contributed by atoms with E-state index in [9.17, 15) is 14.0 Å². The molecule has 0 unspecified atom stereocenters. The molecule has 14 heteroatoms. The zero-order valence-corrected chi connectivity index (χ0v) is 19.9. The topological polar surface area (TPSA) is 182 Å². The van der Waals surface area contributed by atoms with Crippen LogP contribution in [0.4, 0.5) is 25.4 Å². The van der Waals surface area contributed by atoms with Gasteiger partial charge in [0.15, 0.2) is 11.9 Å². The van der Waals surface area contributed by atoms with Gasteiger partial charge in [-0.15, -0.1) is 0 Å². The predicted molar refractivity (Wildman–Crippen MR) is 128 cm³/mol. The summed E-state index contributed by atoms with van der Waals surface area (Å²) in [6.45, 7) is 3.40. The molecule has 0 aromatic heterocycles. The molecule has 0 aliphatic rings. The molecule has 172 valence electrons. The van der Waals surface area contributed by atoms with Crippen molar-refractivity contribution in [3.8, 4) is 0 Å². The van der Waals surface area contributed by atoms with Gasteiger partial charge in [-0.1, -0.05) is 39.1 Å². The molecule has 0 aliphatic carbocycles. The average Bonchev–Trinajstić information content (AvgIpc) is 2.60. The van der Waals surface area contributed by atoms with Gasteiger partial charge in [-0.25, -0.2) is 14.0 Å². The Morgan fingerprint density at radius 1 is 0.906 bits per heavy atom. The number of amides is 4. The van der Waals surface area contributed by atoms with Crippen LogP contribution in [0.25, 0.3) is 0 Å². The fourth-order valence-electron chi connectivity index (χ4n) is 2.26. The molecule has 2 aromatic rings. The van der Waals surface area contributed by atoms with Crippen LogP contribution >= 0.6 is 39.1 Å². The van der Waals surface area contributed by atoms with Gasteiger partial charge in [-0.2, -0.15) is 0 Å². The molecule has 0 heterocycles. The number of nitrogens with one attached hydrogen (secondary N) is 6. The van der Waals surface area contributed by atoms with Crippen LogP contribution in [0.15, 0.2) is 28.7 Å². The van der Waals surface area contributed by atoms with Crippen molar-refractivity contribution >= 4 is 74.5 Å². The minimum atomic E-state index is -0.781.